The fraction of sp³-hybridized carbons (Fsp3) is 0.516. The molecule has 0 aromatic heterocycles. The van der Waals surface area contributed by atoms with Crippen LogP contribution >= 0.6 is 0 Å². The number of amides is 1. The first-order valence-electron chi connectivity index (χ1n) is 13.9. The van der Waals surface area contributed by atoms with E-state index in [1.54, 1.807) is 18.0 Å². The van der Waals surface area contributed by atoms with Gasteiger partial charge in [-0.25, -0.2) is 0 Å². The van der Waals surface area contributed by atoms with Gasteiger partial charge in [-0.15, -0.1) is 6.58 Å². The molecule has 2 aromatic rings. The minimum absolute atomic E-state index is 0.0353. The maximum Gasteiger partial charge on any atom is 0.416 e. The first kappa shape index (κ1) is 27.1. The van der Waals surface area contributed by atoms with Gasteiger partial charge in [0.05, 0.1) is 22.6 Å². The number of rotatable bonds is 6. The normalized spacial score (nSPS) is 32.2. The number of ether oxygens (including phenoxy) is 1. The predicted molar refractivity (Wildman–Crippen MR) is 143 cm³/mol. The summed E-state index contributed by atoms with van der Waals surface area (Å²) in [6.07, 6.45) is 0.130. The maximum absolute atomic E-state index is 13.5. The fourth-order valence-corrected chi connectivity index (χ4v) is 8.47. The molecular formula is C31H35F3N2O4. The molecule has 2 aliphatic carbocycles. The Morgan fingerprint density at radius 3 is 2.62 bits per heavy atom. The highest BCUT2D eigenvalue weighted by Gasteiger charge is 2.78. The molecule has 1 amide bonds. The summed E-state index contributed by atoms with van der Waals surface area (Å²) >= 11 is 0. The zero-order valence-electron chi connectivity index (χ0n) is 22.8. The third kappa shape index (κ3) is 3.52. The second-order valence-electron chi connectivity index (χ2n) is 12.0. The van der Waals surface area contributed by atoms with E-state index in [1.807, 2.05) is 19.1 Å². The Hall–Kier alpha value is -3.04. The first-order valence-corrected chi connectivity index (χ1v) is 13.9. The molecule has 2 unspecified atom stereocenters. The molecule has 214 valence electrons. The molecule has 6 rings (SSSR count). The smallest absolute Gasteiger partial charge is 0.416 e. The number of aliphatic hydroxyl groups is 1. The van der Waals surface area contributed by atoms with Crippen molar-refractivity contribution in [2.75, 3.05) is 20.1 Å². The summed E-state index contributed by atoms with van der Waals surface area (Å²) in [5.41, 5.74) is -1.05. The molecule has 2 aromatic carbocycles. The number of carbonyl (C=O) groups excluding carboxylic acids is 1. The predicted octanol–water partition coefficient (Wildman–Crippen LogP) is 4.60. The molecule has 6 nitrogen and oxygen atoms in total. The van der Waals surface area contributed by atoms with Crippen molar-refractivity contribution in [2.24, 2.45) is 0 Å². The lowest BCUT2D eigenvalue weighted by atomic mass is 9.44. The zero-order valence-corrected chi connectivity index (χ0v) is 22.8. The van der Waals surface area contributed by atoms with Crippen molar-refractivity contribution in [3.05, 3.63) is 71.3 Å². The molecular weight excluding hydrogens is 521 g/mol. The Morgan fingerprint density at radius 2 is 1.95 bits per heavy atom. The van der Waals surface area contributed by atoms with Gasteiger partial charge in [0.15, 0.2) is 11.5 Å². The highest BCUT2D eigenvalue weighted by Crippen LogP contribution is 2.69. The third-order valence-electron chi connectivity index (χ3n) is 10.3. The SMILES string of the molecule is C=CCN1CC[C@]23c4c5ccc(O)c4OC2(C)C(N(C)C(=O)CCc2ccc(C(F)(F)F)cc2)CC[C@@]3(O)[C@H]1C5. The number of aromatic hydroxyl groups is 1. The second kappa shape index (κ2) is 8.98. The van der Waals surface area contributed by atoms with Gasteiger partial charge in [-0.3, -0.25) is 9.69 Å². The number of aryl methyl sites for hydroxylation is 1. The molecule has 9 heteroatoms. The standard InChI is InChI=1S/C31H35F3N2O4/c1-4-16-36-17-15-29-26-20-8-11-22(37)27(26)40-28(29,2)23(13-14-30(29,39)24(36)18-20)35(3)25(38)12-7-19-5-9-21(10-6-19)31(32,33)34/h4-6,8-11,23-24,37,39H,1,7,12-18H2,2-3H3/t23?,24-,28?,29+,30-/m1/s1. The Bertz CT molecular complexity index is 1360. The van der Waals surface area contributed by atoms with Crippen molar-refractivity contribution < 1.29 is 32.9 Å². The lowest BCUT2D eigenvalue weighted by Gasteiger charge is -2.67. The van der Waals surface area contributed by atoms with Gasteiger partial charge in [0.1, 0.15) is 5.60 Å². The first-order chi connectivity index (χ1) is 18.9. The van der Waals surface area contributed by atoms with E-state index in [-0.39, 0.29) is 30.2 Å². The van der Waals surface area contributed by atoms with Gasteiger partial charge in [0, 0.05) is 38.2 Å². The van der Waals surface area contributed by atoms with Gasteiger partial charge in [-0.1, -0.05) is 24.3 Å². The lowest BCUT2D eigenvalue weighted by molar-refractivity contribution is -0.228. The average molecular weight is 557 g/mol. The van der Waals surface area contributed by atoms with Crippen LogP contribution < -0.4 is 4.74 Å². The fourth-order valence-electron chi connectivity index (χ4n) is 8.47. The molecule has 1 spiro atoms. The lowest BCUT2D eigenvalue weighted by Crippen LogP contribution is -2.82. The highest BCUT2D eigenvalue weighted by molar-refractivity contribution is 5.77. The van der Waals surface area contributed by atoms with Crippen LogP contribution in [0.4, 0.5) is 13.2 Å². The van der Waals surface area contributed by atoms with E-state index in [4.69, 9.17) is 4.74 Å². The summed E-state index contributed by atoms with van der Waals surface area (Å²) in [6.45, 7) is 7.27. The number of benzene rings is 2. The Balaban J connectivity index is 1.31. The molecule has 2 aliphatic heterocycles. The van der Waals surface area contributed by atoms with E-state index in [0.29, 0.717) is 50.0 Å². The average Bonchev–Trinajstić information content (AvgIpc) is 3.19. The number of hydrogen-bond donors (Lipinski definition) is 2. The molecule has 2 N–H and O–H groups in total. The van der Waals surface area contributed by atoms with Crippen LogP contribution in [-0.2, 0) is 29.2 Å². The highest BCUT2D eigenvalue weighted by atomic mass is 19.4. The third-order valence-corrected chi connectivity index (χ3v) is 10.3. The molecule has 2 fully saturated rings. The van der Waals surface area contributed by atoms with Gasteiger partial charge >= 0.3 is 6.18 Å². The van der Waals surface area contributed by atoms with Gasteiger partial charge in [-0.2, -0.15) is 13.2 Å². The second-order valence-corrected chi connectivity index (χ2v) is 12.0. The molecule has 4 aliphatic rings. The van der Waals surface area contributed by atoms with E-state index < -0.39 is 28.4 Å². The Labute approximate surface area is 232 Å². The van der Waals surface area contributed by atoms with E-state index in [9.17, 15) is 28.2 Å². The van der Waals surface area contributed by atoms with Crippen LogP contribution in [-0.4, -0.2) is 69.3 Å². The largest absolute Gasteiger partial charge is 0.504 e. The van der Waals surface area contributed by atoms with Gasteiger partial charge in [0.2, 0.25) is 5.91 Å². The van der Waals surface area contributed by atoms with Crippen molar-refractivity contribution in [2.45, 2.75) is 80.3 Å². The topological polar surface area (TPSA) is 73.2 Å². The number of carbonyl (C=O) groups is 1. The van der Waals surface area contributed by atoms with Crippen LogP contribution in [0.25, 0.3) is 0 Å². The van der Waals surface area contributed by atoms with Crippen LogP contribution in [0.3, 0.4) is 0 Å². The number of phenols is 1. The zero-order chi connectivity index (χ0) is 28.7. The van der Waals surface area contributed by atoms with E-state index >= 15 is 0 Å². The molecule has 40 heavy (non-hydrogen) atoms. The summed E-state index contributed by atoms with van der Waals surface area (Å²) in [5, 5.41) is 23.5. The number of likely N-dealkylation sites (tertiary alicyclic amines) is 1. The minimum Gasteiger partial charge on any atom is -0.504 e. The summed E-state index contributed by atoms with van der Waals surface area (Å²) in [4.78, 5) is 17.5. The number of nitrogens with zero attached hydrogens (tertiary/aromatic N) is 2. The van der Waals surface area contributed by atoms with Crippen LogP contribution in [0.2, 0.25) is 0 Å². The maximum atomic E-state index is 13.5. The van der Waals surface area contributed by atoms with Crippen LogP contribution in [0.1, 0.15) is 54.9 Å². The van der Waals surface area contributed by atoms with Crippen molar-refractivity contribution in [1.82, 2.24) is 9.80 Å². The Kier molecular flexibility index (Phi) is 6.09. The molecule has 2 heterocycles. The number of halogens is 3. The summed E-state index contributed by atoms with van der Waals surface area (Å²) in [7, 11) is 1.74. The molecule has 5 atom stereocenters. The van der Waals surface area contributed by atoms with Crippen molar-refractivity contribution in [3.8, 4) is 11.5 Å². The van der Waals surface area contributed by atoms with Gasteiger partial charge in [0.25, 0.3) is 0 Å². The summed E-state index contributed by atoms with van der Waals surface area (Å²) in [5.74, 6) is 0.299. The molecule has 0 radical (unpaired) electrons. The van der Waals surface area contributed by atoms with Crippen LogP contribution in [0, 0.1) is 0 Å². The van der Waals surface area contributed by atoms with Gasteiger partial charge in [-0.05, 0) is 68.4 Å². The molecule has 1 saturated carbocycles. The van der Waals surface area contributed by atoms with Crippen molar-refractivity contribution in [1.29, 1.82) is 0 Å². The number of alkyl halides is 3. The van der Waals surface area contributed by atoms with E-state index in [1.165, 1.54) is 12.1 Å². The summed E-state index contributed by atoms with van der Waals surface area (Å²) < 4.78 is 45.5. The summed E-state index contributed by atoms with van der Waals surface area (Å²) in [6, 6.07) is 7.96. The van der Waals surface area contributed by atoms with Crippen LogP contribution in [0.5, 0.6) is 11.5 Å². The van der Waals surface area contributed by atoms with Crippen LogP contribution in [0.15, 0.2) is 49.1 Å². The van der Waals surface area contributed by atoms with E-state index in [0.717, 1.165) is 29.8 Å². The monoisotopic (exact) mass is 556 g/mol. The number of piperidine rings is 1. The number of hydrogen-bond acceptors (Lipinski definition) is 5. The number of phenolic OH excluding ortho intramolecular Hbond substituents is 1. The number of likely N-dealkylation sites (N-methyl/N-ethyl adjacent to an activating group) is 1. The Morgan fingerprint density at radius 1 is 1.23 bits per heavy atom. The molecule has 1 saturated heterocycles. The minimum atomic E-state index is -4.40. The quantitative estimate of drug-likeness (QED) is 0.509. The van der Waals surface area contributed by atoms with Gasteiger partial charge < -0.3 is 19.8 Å². The molecule has 2 bridgehead atoms. The van der Waals surface area contributed by atoms with Crippen molar-refractivity contribution in [3.63, 3.8) is 0 Å². The van der Waals surface area contributed by atoms with Crippen molar-refractivity contribution >= 4 is 5.91 Å². The van der Waals surface area contributed by atoms with E-state index in [2.05, 4.69) is 11.5 Å².